The maximum Gasteiger partial charge on any atom is 0.240 e. The van der Waals surface area contributed by atoms with Crippen LogP contribution < -0.4 is 14.8 Å². The molecule has 0 saturated heterocycles. The van der Waals surface area contributed by atoms with Crippen LogP contribution in [0.4, 0.5) is 5.69 Å². The predicted molar refractivity (Wildman–Crippen MR) is 90.4 cm³/mol. The number of sulfonamides is 1. The highest BCUT2D eigenvalue weighted by molar-refractivity contribution is 7.89. The second-order valence-electron chi connectivity index (χ2n) is 5.57. The number of benzene rings is 2. The molecule has 1 aliphatic rings. The molecule has 1 heterocycles. The first-order valence-electron chi connectivity index (χ1n) is 7.56. The molecule has 1 aliphatic heterocycles. The van der Waals surface area contributed by atoms with E-state index in [0.717, 1.165) is 23.3 Å². The fourth-order valence-electron chi connectivity index (χ4n) is 2.53. The van der Waals surface area contributed by atoms with Crippen LogP contribution in [0.15, 0.2) is 47.4 Å². The van der Waals surface area contributed by atoms with E-state index in [9.17, 15) is 13.2 Å². The van der Waals surface area contributed by atoms with Crippen LogP contribution in [0.1, 0.15) is 18.1 Å². The normalized spacial score (nSPS) is 13.2. The number of rotatable bonds is 5. The van der Waals surface area contributed by atoms with Gasteiger partial charge in [-0.1, -0.05) is 12.1 Å². The molecule has 1 amide bonds. The first-order valence-corrected chi connectivity index (χ1v) is 9.04. The summed E-state index contributed by atoms with van der Waals surface area (Å²) in [6.07, 6.45) is 0.848. The minimum Gasteiger partial charge on any atom is -0.493 e. The van der Waals surface area contributed by atoms with Gasteiger partial charge in [-0.15, -0.1) is 0 Å². The molecular formula is C17H18N2O4S. The fourth-order valence-corrected chi connectivity index (χ4v) is 3.55. The Morgan fingerprint density at radius 2 is 1.92 bits per heavy atom. The third kappa shape index (κ3) is 3.74. The van der Waals surface area contributed by atoms with Gasteiger partial charge in [-0.3, -0.25) is 4.79 Å². The Bertz CT molecular complexity index is 861. The standard InChI is InChI=1S/C17H18N2O4S/c1-12(20)19-15-3-5-16(6-4-15)24(21,22)18-11-13-2-7-17-14(10-13)8-9-23-17/h2-7,10,18H,8-9,11H2,1H3,(H,19,20). The van der Waals surface area contributed by atoms with E-state index in [-0.39, 0.29) is 17.3 Å². The number of ether oxygens (including phenoxy) is 1. The molecule has 7 heteroatoms. The van der Waals surface area contributed by atoms with Gasteiger partial charge < -0.3 is 10.1 Å². The van der Waals surface area contributed by atoms with Gasteiger partial charge in [-0.05, 0) is 41.5 Å². The van der Waals surface area contributed by atoms with E-state index in [1.807, 2.05) is 18.2 Å². The number of carbonyl (C=O) groups is 1. The minimum absolute atomic E-state index is 0.154. The zero-order valence-corrected chi connectivity index (χ0v) is 14.0. The number of hydrogen-bond donors (Lipinski definition) is 2. The molecule has 2 aromatic carbocycles. The summed E-state index contributed by atoms with van der Waals surface area (Å²) in [7, 11) is -3.61. The van der Waals surface area contributed by atoms with Crippen molar-refractivity contribution in [1.29, 1.82) is 0 Å². The van der Waals surface area contributed by atoms with E-state index < -0.39 is 10.0 Å². The van der Waals surface area contributed by atoms with Gasteiger partial charge in [0, 0.05) is 25.6 Å². The molecule has 24 heavy (non-hydrogen) atoms. The minimum atomic E-state index is -3.61. The van der Waals surface area contributed by atoms with E-state index in [2.05, 4.69) is 10.0 Å². The molecule has 126 valence electrons. The van der Waals surface area contributed by atoms with Crippen LogP contribution in [0.5, 0.6) is 5.75 Å². The molecule has 2 aromatic rings. The Balaban J connectivity index is 1.68. The number of fused-ring (bicyclic) bond motifs is 1. The molecule has 2 N–H and O–H groups in total. The summed E-state index contributed by atoms with van der Waals surface area (Å²) < 4.78 is 32.7. The largest absolute Gasteiger partial charge is 0.493 e. The van der Waals surface area contributed by atoms with Crippen molar-refractivity contribution in [3.05, 3.63) is 53.6 Å². The van der Waals surface area contributed by atoms with E-state index in [1.165, 1.54) is 19.1 Å². The molecule has 0 aliphatic carbocycles. The van der Waals surface area contributed by atoms with Crippen molar-refractivity contribution >= 4 is 21.6 Å². The summed E-state index contributed by atoms with van der Waals surface area (Å²) in [5, 5.41) is 2.60. The summed E-state index contributed by atoms with van der Waals surface area (Å²) in [5.41, 5.74) is 2.55. The van der Waals surface area contributed by atoms with Crippen molar-refractivity contribution in [2.24, 2.45) is 0 Å². The summed E-state index contributed by atoms with van der Waals surface area (Å²) >= 11 is 0. The third-order valence-electron chi connectivity index (χ3n) is 3.71. The molecule has 0 unspecified atom stereocenters. The smallest absolute Gasteiger partial charge is 0.240 e. The predicted octanol–water partition coefficient (Wildman–Crippen LogP) is 2.06. The Hall–Kier alpha value is -2.38. The van der Waals surface area contributed by atoms with Crippen molar-refractivity contribution in [3.63, 3.8) is 0 Å². The van der Waals surface area contributed by atoms with Crippen LogP contribution in [0.25, 0.3) is 0 Å². The second kappa shape index (κ2) is 6.62. The Morgan fingerprint density at radius 3 is 2.62 bits per heavy atom. The Labute approximate surface area is 140 Å². The van der Waals surface area contributed by atoms with E-state index in [4.69, 9.17) is 4.74 Å². The number of amides is 1. The highest BCUT2D eigenvalue weighted by Gasteiger charge is 2.16. The fraction of sp³-hybridized carbons (Fsp3) is 0.235. The van der Waals surface area contributed by atoms with Crippen molar-refractivity contribution in [1.82, 2.24) is 4.72 Å². The second-order valence-corrected chi connectivity index (χ2v) is 7.34. The molecule has 0 aromatic heterocycles. The van der Waals surface area contributed by atoms with E-state index in [1.54, 1.807) is 12.1 Å². The lowest BCUT2D eigenvalue weighted by Crippen LogP contribution is -2.23. The van der Waals surface area contributed by atoms with Crippen LogP contribution >= 0.6 is 0 Å². The van der Waals surface area contributed by atoms with Crippen LogP contribution in [-0.4, -0.2) is 20.9 Å². The summed E-state index contributed by atoms with van der Waals surface area (Å²) in [4.78, 5) is 11.1. The van der Waals surface area contributed by atoms with Gasteiger partial charge >= 0.3 is 0 Å². The lowest BCUT2D eigenvalue weighted by molar-refractivity contribution is -0.114. The SMILES string of the molecule is CC(=O)Nc1ccc(S(=O)(=O)NCc2ccc3c(c2)CCO3)cc1. The monoisotopic (exact) mass is 346 g/mol. The topological polar surface area (TPSA) is 84.5 Å². The lowest BCUT2D eigenvalue weighted by Gasteiger charge is -2.09. The Morgan fingerprint density at radius 1 is 1.17 bits per heavy atom. The number of anilines is 1. The first kappa shape index (κ1) is 16.5. The van der Waals surface area contributed by atoms with Crippen molar-refractivity contribution in [2.75, 3.05) is 11.9 Å². The highest BCUT2D eigenvalue weighted by Crippen LogP contribution is 2.26. The quantitative estimate of drug-likeness (QED) is 0.868. The van der Waals surface area contributed by atoms with Gasteiger partial charge in [0.25, 0.3) is 0 Å². The molecule has 0 saturated carbocycles. The van der Waals surface area contributed by atoms with E-state index >= 15 is 0 Å². The van der Waals surface area contributed by atoms with Crippen molar-refractivity contribution in [2.45, 2.75) is 24.8 Å². The highest BCUT2D eigenvalue weighted by atomic mass is 32.2. The molecule has 6 nitrogen and oxygen atoms in total. The average molecular weight is 346 g/mol. The Kier molecular flexibility index (Phi) is 4.55. The van der Waals surface area contributed by atoms with Gasteiger partial charge in [-0.2, -0.15) is 0 Å². The zero-order valence-electron chi connectivity index (χ0n) is 13.2. The maximum atomic E-state index is 12.3. The first-order chi connectivity index (χ1) is 11.4. The molecule has 0 bridgehead atoms. The number of carbonyl (C=O) groups excluding carboxylic acids is 1. The third-order valence-corrected chi connectivity index (χ3v) is 5.12. The summed E-state index contributed by atoms with van der Waals surface area (Å²) in [5.74, 6) is 0.666. The molecule has 0 radical (unpaired) electrons. The number of nitrogens with one attached hydrogen (secondary N) is 2. The van der Waals surface area contributed by atoms with E-state index in [0.29, 0.717) is 12.3 Å². The van der Waals surface area contributed by atoms with Crippen LogP contribution in [0.2, 0.25) is 0 Å². The average Bonchev–Trinajstić information content (AvgIpc) is 3.00. The van der Waals surface area contributed by atoms with Gasteiger partial charge in [0.05, 0.1) is 11.5 Å². The summed E-state index contributed by atoms with van der Waals surface area (Å²) in [6.45, 7) is 2.28. The van der Waals surface area contributed by atoms with Crippen LogP contribution in [-0.2, 0) is 27.8 Å². The molecule has 0 atom stereocenters. The van der Waals surface area contributed by atoms with Crippen molar-refractivity contribution < 1.29 is 17.9 Å². The molecule has 0 spiro atoms. The number of hydrogen-bond acceptors (Lipinski definition) is 4. The maximum absolute atomic E-state index is 12.3. The summed E-state index contributed by atoms with van der Waals surface area (Å²) in [6, 6.07) is 11.7. The van der Waals surface area contributed by atoms with Crippen molar-refractivity contribution in [3.8, 4) is 5.75 Å². The molecule has 0 fully saturated rings. The van der Waals surface area contributed by atoms with Gasteiger partial charge in [-0.25, -0.2) is 13.1 Å². The van der Waals surface area contributed by atoms with Crippen LogP contribution in [0.3, 0.4) is 0 Å². The molecule has 3 rings (SSSR count). The molecular weight excluding hydrogens is 328 g/mol. The lowest BCUT2D eigenvalue weighted by atomic mass is 10.1. The van der Waals surface area contributed by atoms with Crippen LogP contribution in [0, 0.1) is 0 Å². The van der Waals surface area contributed by atoms with Gasteiger partial charge in [0.15, 0.2) is 0 Å². The zero-order chi connectivity index (χ0) is 17.2. The van der Waals surface area contributed by atoms with Gasteiger partial charge in [0.1, 0.15) is 5.75 Å². The van der Waals surface area contributed by atoms with Gasteiger partial charge in [0.2, 0.25) is 15.9 Å².